The van der Waals surface area contributed by atoms with Crippen LogP contribution in [-0.4, -0.2) is 14.3 Å². The smallest absolute Gasteiger partial charge is 0.194 e. The molecule has 0 unspecified atom stereocenters. The van der Waals surface area contributed by atoms with Gasteiger partial charge in [0.25, 0.3) is 0 Å². The Bertz CT molecular complexity index is 431. The summed E-state index contributed by atoms with van der Waals surface area (Å²) in [5, 5.41) is 0.580. The predicted molar refractivity (Wildman–Crippen MR) is 60.9 cm³/mol. The van der Waals surface area contributed by atoms with Crippen molar-refractivity contribution in [2.75, 3.05) is 0 Å². The molecule has 2 aromatic heterocycles. The molecule has 3 nitrogen and oxygen atoms in total. The van der Waals surface area contributed by atoms with Crippen LogP contribution in [0.25, 0.3) is 11.5 Å². The third-order valence-electron chi connectivity index (χ3n) is 1.37. The molecule has 0 N–H and O–H groups in total. The monoisotopic (exact) mass is 323 g/mol. The van der Waals surface area contributed by atoms with E-state index in [2.05, 4.69) is 36.9 Å². The summed E-state index contributed by atoms with van der Waals surface area (Å²) in [6, 6.07) is 3.56. The molecule has 0 bridgehead atoms. The fourth-order valence-electron chi connectivity index (χ4n) is 0.851. The zero-order valence-corrected chi connectivity index (χ0v) is 9.97. The first-order valence-electron chi connectivity index (χ1n) is 3.37. The van der Waals surface area contributed by atoms with E-state index in [9.17, 15) is 0 Å². The summed E-state index contributed by atoms with van der Waals surface area (Å²) in [6.07, 6.45) is 1.68. The van der Waals surface area contributed by atoms with Crippen LogP contribution in [0.5, 0.6) is 0 Å². The highest BCUT2D eigenvalue weighted by Gasteiger charge is 2.09. The molecule has 2 aromatic rings. The van der Waals surface area contributed by atoms with Crippen LogP contribution < -0.4 is 0 Å². The quantitative estimate of drug-likeness (QED) is 0.758. The largest absolute Gasteiger partial charge is 0.251 e. The van der Waals surface area contributed by atoms with E-state index in [0.717, 1.165) is 3.01 Å². The first-order chi connectivity index (χ1) is 6.27. The first kappa shape index (κ1) is 9.29. The summed E-state index contributed by atoms with van der Waals surface area (Å²) < 4.78 is 5.01. The molecule has 6 heteroatoms. The van der Waals surface area contributed by atoms with Crippen LogP contribution in [0.1, 0.15) is 0 Å². The lowest BCUT2D eigenvalue weighted by molar-refractivity contribution is 1.22. The topological polar surface area (TPSA) is 38.7 Å². The molecule has 0 aromatic carbocycles. The molecule has 2 rings (SSSR count). The van der Waals surface area contributed by atoms with E-state index in [1.54, 1.807) is 18.3 Å². The molecule has 0 saturated carbocycles. The van der Waals surface area contributed by atoms with Crippen LogP contribution >= 0.6 is 45.7 Å². The van der Waals surface area contributed by atoms with Crippen molar-refractivity contribution in [1.82, 2.24) is 14.3 Å². The van der Waals surface area contributed by atoms with Gasteiger partial charge in [-0.25, -0.2) is 4.98 Å². The predicted octanol–water partition coefficient (Wildman–Crippen LogP) is 2.86. The van der Waals surface area contributed by atoms with Gasteiger partial charge in [0.15, 0.2) is 8.84 Å². The van der Waals surface area contributed by atoms with E-state index < -0.39 is 0 Å². The van der Waals surface area contributed by atoms with Gasteiger partial charge in [-0.15, -0.1) is 0 Å². The summed E-state index contributed by atoms with van der Waals surface area (Å²) in [5.41, 5.74) is 0.642. The standard InChI is InChI=1S/C7H3ClIN3S/c8-4-2-1-3-10-5(4)6-11-7(9)13-12-6/h1-3H. The van der Waals surface area contributed by atoms with Gasteiger partial charge in [0.05, 0.1) is 5.02 Å². The second-order valence-electron chi connectivity index (χ2n) is 2.20. The van der Waals surface area contributed by atoms with Crippen LogP contribution in [0.15, 0.2) is 18.3 Å². The van der Waals surface area contributed by atoms with E-state index in [1.807, 2.05) is 0 Å². The van der Waals surface area contributed by atoms with Crippen molar-refractivity contribution in [3.05, 3.63) is 26.4 Å². The third kappa shape index (κ3) is 1.97. The molecule has 0 aliphatic rings. The Balaban J connectivity index is 2.52. The van der Waals surface area contributed by atoms with Gasteiger partial charge in [0.2, 0.25) is 0 Å². The number of aromatic nitrogens is 3. The van der Waals surface area contributed by atoms with Gasteiger partial charge in [-0.2, -0.15) is 4.37 Å². The van der Waals surface area contributed by atoms with Crippen molar-refractivity contribution in [3.8, 4) is 11.5 Å². The molecule has 66 valence electrons. The zero-order valence-electron chi connectivity index (χ0n) is 6.24. The summed E-state index contributed by atoms with van der Waals surface area (Å²) in [7, 11) is 0. The molecular weight excluding hydrogens is 321 g/mol. The van der Waals surface area contributed by atoms with Crippen LogP contribution in [0.2, 0.25) is 5.02 Å². The normalized spacial score (nSPS) is 10.3. The van der Waals surface area contributed by atoms with Gasteiger partial charge in [-0.3, -0.25) is 4.98 Å². The lowest BCUT2D eigenvalue weighted by atomic mass is 10.3. The van der Waals surface area contributed by atoms with E-state index in [0.29, 0.717) is 16.5 Å². The van der Waals surface area contributed by atoms with Crippen LogP contribution in [-0.2, 0) is 0 Å². The van der Waals surface area contributed by atoms with Gasteiger partial charge in [-0.1, -0.05) is 11.6 Å². The Morgan fingerprint density at radius 2 is 2.31 bits per heavy atom. The highest BCUT2D eigenvalue weighted by atomic mass is 127. The maximum Gasteiger partial charge on any atom is 0.194 e. The highest BCUT2D eigenvalue weighted by Crippen LogP contribution is 2.23. The molecule has 0 fully saturated rings. The van der Waals surface area contributed by atoms with Crippen molar-refractivity contribution < 1.29 is 0 Å². The highest BCUT2D eigenvalue weighted by molar-refractivity contribution is 14.1. The fourth-order valence-corrected chi connectivity index (χ4v) is 2.00. The molecular formula is C7H3ClIN3S. The fraction of sp³-hybridized carbons (Fsp3) is 0. The van der Waals surface area contributed by atoms with Crippen molar-refractivity contribution in [2.45, 2.75) is 0 Å². The molecule has 0 radical (unpaired) electrons. The number of hydrogen-bond acceptors (Lipinski definition) is 4. The minimum Gasteiger partial charge on any atom is -0.251 e. The van der Waals surface area contributed by atoms with E-state index >= 15 is 0 Å². The lowest BCUT2D eigenvalue weighted by Gasteiger charge is -1.95. The molecule has 0 aliphatic carbocycles. The second-order valence-corrected chi connectivity index (χ2v) is 5.12. The molecule has 0 amide bonds. The Kier molecular flexibility index (Phi) is 2.75. The molecule has 0 saturated heterocycles. The number of pyridine rings is 1. The molecule has 2 heterocycles. The van der Waals surface area contributed by atoms with Crippen LogP contribution in [0, 0.1) is 3.01 Å². The molecule has 0 spiro atoms. The first-order valence-corrected chi connectivity index (χ1v) is 5.60. The SMILES string of the molecule is Clc1cccnc1-c1nsc(I)n1. The van der Waals surface area contributed by atoms with Crippen molar-refractivity contribution in [2.24, 2.45) is 0 Å². The van der Waals surface area contributed by atoms with Crippen molar-refractivity contribution in [3.63, 3.8) is 0 Å². The third-order valence-corrected chi connectivity index (χ3v) is 3.01. The Morgan fingerprint density at radius 1 is 1.46 bits per heavy atom. The van der Waals surface area contributed by atoms with E-state index in [-0.39, 0.29) is 0 Å². The van der Waals surface area contributed by atoms with Crippen molar-refractivity contribution in [1.29, 1.82) is 0 Å². The molecule has 0 aliphatic heterocycles. The van der Waals surface area contributed by atoms with Gasteiger partial charge < -0.3 is 0 Å². The number of halogens is 2. The molecule has 13 heavy (non-hydrogen) atoms. The summed E-state index contributed by atoms with van der Waals surface area (Å²) >= 11 is 9.38. The number of hydrogen-bond donors (Lipinski definition) is 0. The maximum absolute atomic E-state index is 5.93. The average molecular weight is 324 g/mol. The minimum atomic E-state index is 0.580. The number of rotatable bonds is 1. The van der Waals surface area contributed by atoms with Gasteiger partial charge in [0.1, 0.15) is 5.69 Å². The van der Waals surface area contributed by atoms with Crippen molar-refractivity contribution >= 4 is 45.7 Å². The molecule has 0 atom stereocenters. The van der Waals surface area contributed by atoms with Crippen LogP contribution in [0.4, 0.5) is 0 Å². The average Bonchev–Trinajstić information content (AvgIpc) is 2.53. The lowest BCUT2D eigenvalue weighted by Crippen LogP contribution is -1.85. The number of nitrogens with zero attached hydrogens (tertiary/aromatic N) is 3. The summed E-state index contributed by atoms with van der Waals surface area (Å²) in [6.45, 7) is 0. The second kappa shape index (κ2) is 3.85. The Hall–Kier alpha value is -0.270. The van der Waals surface area contributed by atoms with E-state index in [1.165, 1.54) is 11.5 Å². The van der Waals surface area contributed by atoms with E-state index in [4.69, 9.17) is 11.6 Å². The Morgan fingerprint density at radius 3 is 2.92 bits per heavy atom. The van der Waals surface area contributed by atoms with Gasteiger partial charge in [0, 0.05) is 6.20 Å². The maximum atomic E-state index is 5.93. The van der Waals surface area contributed by atoms with Crippen LogP contribution in [0.3, 0.4) is 0 Å². The van der Waals surface area contributed by atoms with Gasteiger partial charge in [-0.05, 0) is 46.3 Å². The Labute approximate surface area is 97.5 Å². The summed E-state index contributed by atoms with van der Waals surface area (Å²) in [4.78, 5) is 8.30. The van der Waals surface area contributed by atoms with Gasteiger partial charge >= 0.3 is 0 Å². The minimum absolute atomic E-state index is 0.580. The zero-order chi connectivity index (χ0) is 9.26. The summed E-state index contributed by atoms with van der Waals surface area (Å²) in [5.74, 6) is 0.597.